The fraction of sp³-hybridized carbons (Fsp3) is 0.640. The number of piperazine rings is 1. The number of fused-ring (bicyclic) bond motifs is 4. The first-order valence-electron chi connectivity index (χ1n) is 12.7. The molecule has 2 aliphatic carbocycles. The van der Waals surface area contributed by atoms with Crippen LogP contribution in [0.3, 0.4) is 0 Å². The highest BCUT2D eigenvalue weighted by Crippen LogP contribution is 2.48. The summed E-state index contributed by atoms with van der Waals surface area (Å²) >= 11 is 1.17. The second kappa shape index (κ2) is 9.28. The van der Waals surface area contributed by atoms with Gasteiger partial charge in [-0.1, -0.05) is 6.07 Å². The number of likely N-dealkylation sites (tertiary alicyclic amines) is 3. The van der Waals surface area contributed by atoms with E-state index in [4.69, 9.17) is 15.1 Å². The minimum Gasteiger partial charge on any atom is -0.330 e. The third-order valence-electron chi connectivity index (χ3n) is 8.38. The van der Waals surface area contributed by atoms with Crippen molar-refractivity contribution in [1.29, 1.82) is 5.26 Å². The minimum atomic E-state index is -0.706. The Kier molecular flexibility index (Phi) is 6.22. The van der Waals surface area contributed by atoms with Crippen LogP contribution in [-0.4, -0.2) is 89.0 Å². The number of carbonyl (C=O) groups is 2. The van der Waals surface area contributed by atoms with Crippen LogP contribution in [0.5, 0.6) is 0 Å². The predicted octanol–water partition coefficient (Wildman–Crippen LogP) is 1.23. The van der Waals surface area contributed by atoms with Gasteiger partial charge in [0.1, 0.15) is 6.04 Å². The smallest absolute Gasteiger partial charge is 0.242 e. The number of rotatable bonds is 8. The van der Waals surface area contributed by atoms with Crippen molar-refractivity contribution in [3.05, 3.63) is 29.3 Å². The quantitative estimate of drug-likeness (QED) is 0.312. The summed E-state index contributed by atoms with van der Waals surface area (Å²) in [4.78, 5) is 38.4. The first-order valence-corrected chi connectivity index (χ1v) is 13.4. The van der Waals surface area contributed by atoms with Crippen LogP contribution in [0, 0.1) is 17.2 Å². The maximum atomic E-state index is 13.5. The van der Waals surface area contributed by atoms with Crippen LogP contribution >= 0.6 is 12.0 Å². The number of hydrogen-bond acceptors (Lipinski definition) is 9. The molecule has 0 aromatic heterocycles. The number of amides is 2. The van der Waals surface area contributed by atoms with Crippen molar-refractivity contribution < 1.29 is 18.9 Å². The maximum absolute atomic E-state index is 13.5. The van der Waals surface area contributed by atoms with Crippen LogP contribution in [-0.2, 0) is 25.3 Å². The molecule has 0 radical (unpaired) electrons. The lowest BCUT2D eigenvalue weighted by molar-refractivity contribution is -0.340. The lowest BCUT2D eigenvalue weighted by atomic mass is 10.1. The molecule has 1 saturated carbocycles. The Hall–Kier alpha value is -2.20. The van der Waals surface area contributed by atoms with Crippen molar-refractivity contribution >= 4 is 23.9 Å². The molecule has 1 aromatic carbocycles. The number of aryl methyl sites for hydroxylation is 1. The first-order chi connectivity index (χ1) is 17.4. The molecule has 192 valence electrons. The van der Waals surface area contributed by atoms with Gasteiger partial charge in [0, 0.05) is 44.2 Å². The van der Waals surface area contributed by atoms with Gasteiger partial charge in [0.2, 0.25) is 11.8 Å². The number of carbonyl (C=O) groups excluding carboxylic acids is 2. The molecule has 7 atom stereocenters. The summed E-state index contributed by atoms with van der Waals surface area (Å²) < 4.78 is 5.16. The zero-order valence-electron chi connectivity index (χ0n) is 20.6. The summed E-state index contributed by atoms with van der Waals surface area (Å²) in [5, 5.41) is 10.9. The molecule has 0 spiro atoms. The number of hydrogen-bond donors (Lipinski definition) is 1. The third-order valence-corrected chi connectivity index (χ3v) is 8.95. The molecule has 6 rings (SSSR count). The van der Waals surface area contributed by atoms with Gasteiger partial charge < -0.3 is 15.5 Å². The summed E-state index contributed by atoms with van der Waals surface area (Å²) in [5.41, 5.74) is 8.80. The lowest BCUT2D eigenvalue weighted by Gasteiger charge is -2.38. The molecule has 11 heteroatoms. The van der Waals surface area contributed by atoms with Gasteiger partial charge in [-0.25, -0.2) is 0 Å². The van der Waals surface area contributed by atoms with Gasteiger partial charge in [-0.05, 0) is 61.3 Å². The largest absolute Gasteiger partial charge is 0.330 e. The van der Waals surface area contributed by atoms with E-state index in [1.807, 2.05) is 6.07 Å². The van der Waals surface area contributed by atoms with Crippen molar-refractivity contribution in [3.63, 3.8) is 0 Å². The van der Waals surface area contributed by atoms with Gasteiger partial charge in [-0.3, -0.25) is 14.5 Å². The zero-order valence-corrected chi connectivity index (χ0v) is 21.4. The predicted molar refractivity (Wildman–Crippen MR) is 131 cm³/mol. The summed E-state index contributed by atoms with van der Waals surface area (Å²) in [6.07, 6.45) is 4.37. The highest BCUT2D eigenvalue weighted by molar-refractivity contribution is 7.94. The summed E-state index contributed by atoms with van der Waals surface area (Å²) in [7, 11) is 3.50. The third kappa shape index (κ3) is 4.10. The molecule has 2 bridgehead atoms. The maximum Gasteiger partial charge on any atom is 0.242 e. The number of nitrogens with zero attached hydrogens (tertiary/aromatic N) is 5. The van der Waals surface area contributed by atoms with E-state index < -0.39 is 6.04 Å². The molecule has 5 aliphatic rings. The van der Waals surface area contributed by atoms with Crippen molar-refractivity contribution in [2.75, 3.05) is 27.2 Å². The topological polar surface area (TPSA) is 115 Å². The number of nitriles is 1. The van der Waals surface area contributed by atoms with Gasteiger partial charge in [0.15, 0.2) is 0 Å². The SMILES string of the molecule is CN(C)OOSc1ccc2c(c1)CC[C@@H]2N1C(=O)[C@@H]2CC1CN2C[C@H](N)C(=O)N1[C@H](C#N)C[C@@H]2C[C@@H]21. The average Bonchev–Trinajstić information content (AvgIpc) is 3.18. The Bertz CT molecular complexity index is 1110. The van der Waals surface area contributed by atoms with E-state index in [2.05, 4.69) is 28.0 Å². The Labute approximate surface area is 215 Å². The van der Waals surface area contributed by atoms with E-state index in [9.17, 15) is 14.9 Å². The van der Waals surface area contributed by atoms with Crippen molar-refractivity contribution in [2.24, 2.45) is 11.7 Å². The van der Waals surface area contributed by atoms with Crippen LogP contribution in [0.4, 0.5) is 0 Å². The summed E-state index contributed by atoms with van der Waals surface area (Å²) in [5.74, 6) is 0.465. The van der Waals surface area contributed by atoms with E-state index in [1.54, 1.807) is 19.0 Å². The first kappa shape index (κ1) is 24.2. The van der Waals surface area contributed by atoms with Gasteiger partial charge in [0.05, 0.1) is 36.2 Å². The normalized spacial score (nSPS) is 33.2. The number of piperidine rings is 1. The molecule has 10 nitrogen and oxygen atoms in total. The highest BCUT2D eigenvalue weighted by Gasteiger charge is 2.56. The molecule has 4 fully saturated rings. The number of benzene rings is 1. The molecular weight excluding hydrogens is 480 g/mol. The van der Waals surface area contributed by atoms with Crippen LogP contribution in [0.25, 0.3) is 0 Å². The Morgan fingerprint density at radius 3 is 2.89 bits per heavy atom. The Balaban J connectivity index is 1.08. The number of nitrogens with two attached hydrogens (primary N) is 1. The zero-order chi connectivity index (χ0) is 25.1. The van der Waals surface area contributed by atoms with Gasteiger partial charge in [-0.15, -0.1) is 9.32 Å². The van der Waals surface area contributed by atoms with Gasteiger partial charge in [0.25, 0.3) is 0 Å². The van der Waals surface area contributed by atoms with Crippen LogP contribution in [0.15, 0.2) is 23.1 Å². The van der Waals surface area contributed by atoms with Crippen LogP contribution < -0.4 is 5.73 Å². The van der Waals surface area contributed by atoms with E-state index in [0.717, 1.165) is 43.5 Å². The molecule has 3 heterocycles. The molecule has 2 N–H and O–H groups in total. The second-order valence-electron chi connectivity index (χ2n) is 10.9. The molecular formula is C25H32N6O4S. The van der Waals surface area contributed by atoms with Gasteiger partial charge in [-0.2, -0.15) is 10.3 Å². The molecule has 1 unspecified atom stereocenters. The fourth-order valence-electron chi connectivity index (χ4n) is 6.74. The lowest BCUT2D eigenvalue weighted by Crippen LogP contribution is -2.57. The fourth-order valence-corrected chi connectivity index (χ4v) is 7.28. The minimum absolute atomic E-state index is 0.0886. The van der Waals surface area contributed by atoms with E-state index >= 15 is 0 Å². The van der Waals surface area contributed by atoms with Crippen molar-refractivity contribution in [3.8, 4) is 6.07 Å². The summed E-state index contributed by atoms with van der Waals surface area (Å²) in [6.45, 7) is 1.10. The molecule has 3 aliphatic heterocycles. The molecule has 1 aromatic rings. The Morgan fingerprint density at radius 2 is 2.14 bits per heavy atom. The Morgan fingerprint density at radius 1 is 1.31 bits per heavy atom. The van der Waals surface area contributed by atoms with E-state index in [1.165, 1.54) is 28.2 Å². The average molecular weight is 513 g/mol. The van der Waals surface area contributed by atoms with Crippen molar-refractivity contribution in [2.45, 2.75) is 73.3 Å². The molecule has 2 amide bonds. The molecule has 3 saturated heterocycles. The van der Waals surface area contributed by atoms with Gasteiger partial charge >= 0.3 is 0 Å². The van der Waals surface area contributed by atoms with Crippen LogP contribution in [0.2, 0.25) is 0 Å². The van der Waals surface area contributed by atoms with E-state index in [0.29, 0.717) is 12.5 Å². The molecule has 36 heavy (non-hydrogen) atoms. The monoisotopic (exact) mass is 512 g/mol. The van der Waals surface area contributed by atoms with Crippen LogP contribution in [0.1, 0.15) is 42.9 Å². The van der Waals surface area contributed by atoms with Crippen molar-refractivity contribution in [1.82, 2.24) is 19.8 Å². The second-order valence-corrected chi connectivity index (χ2v) is 11.6. The highest BCUT2D eigenvalue weighted by atomic mass is 32.2. The standard InChI is InChI=1S/C25H32N6O4S/c1-28(2)34-35-36-18-4-5-19-14(8-18)3-6-21(19)31-17-10-23(25(31)33)29(12-17)13-20(27)24(32)30-16(11-26)7-15-9-22(15)30/h4-5,8,15-17,20-23H,3,6-7,9-10,12-13,27H2,1-2H3/t15-,16+,17?,20+,21+,22+,23+/m1/s1. The summed E-state index contributed by atoms with van der Waals surface area (Å²) in [6, 6.07) is 7.62. The number of hydroxylamine groups is 2. The van der Waals surface area contributed by atoms with E-state index in [-0.39, 0.29) is 42.0 Å².